The van der Waals surface area contributed by atoms with Crippen LogP contribution in [0.4, 0.5) is 0 Å². The van der Waals surface area contributed by atoms with Gasteiger partial charge in [-0.1, -0.05) is 98.8 Å². The summed E-state index contributed by atoms with van der Waals surface area (Å²) in [4.78, 5) is 0. The summed E-state index contributed by atoms with van der Waals surface area (Å²) >= 11 is 0. The molecule has 0 aliphatic carbocycles. The van der Waals surface area contributed by atoms with Crippen molar-refractivity contribution in [3.63, 3.8) is 0 Å². The third-order valence-corrected chi connectivity index (χ3v) is 4.36. The van der Waals surface area contributed by atoms with Gasteiger partial charge in [0.1, 0.15) is 0 Å². The van der Waals surface area contributed by atoms with Crippen molar-refractivity contribution in [2.75, 3.05) is 0 Å². The minimum atomic E-state index is 0.946. The molecule has 3 atom stereocenters. The summed E-state index contributed by atoms with van der Waals surface area (Å²) < 4.78 is 0. The molecule has 0 aromatic carbocycles. The minimum absolute atomic E-state index is 0.946. The second kappa shape index (κ2) is 12.1. The van der Waals surface area contributed by atoms with Crippen molar-refractivity contribution in [2.24, 2.45) is 17.8 Å². The molecule has 0 rings (SSSR count). The molecule has 0 saturated carbocycles. The zero-order valence-corrected chi connectivity index (χ0v) is 13.8. The smallest absolute Gasteiger partial charge is 0.0443 e. The standard InChI is InChI=1S/C18H38/c1-6-10-16(3)12-8-9-13-18(5)15-14-17(4)11-7-2/h16-18H,6-15H2,1-5H3. The highest BCUT2D eigenvalue weighted by atomic mass is 14.1. The molecule has 0 nitrogen and oxygen atoms in total. The van der Waals surface area contributed by atoms with E-state index in [0.717, 1.165) is 17.8 Å². The van der Waals surface area contributed by atoms with Gasteiger partial charge in [-0.05, 0) is 17.8 Å². The van der Waals surface area contributed by atoms with Gasteiger partial charge in [-0.3, -0.25) is 0 Å². The molecule has 0 aliphatic heterocycles. The lowest BCUT2D eigenvalue weighted by molar-refractivity contribution is 0.376. The molecule has 0 heteroatoms. The second-order valence-electron chi connectivity index (χ2n) is 6.75. The fraction of sp³-hybridized carbons (Fsp3) is 1.00. The predicted molar refractivity (Wildman–Crippen MR) is 85.0 cm³/mol. The Morgan fingerprint density at radius 1 is 0.500 bits per heavy atom. The van der Waals surface area contributed by atoms with Gasteiger partial charge in [0.2, 0.25) is 0 Å². The maximum Gasteiger partial charge on any atom is -0.0443 e. The third kappa shape index (κ3) is 11.1. The van der Waals surface area contributed by atoms with Crippen molar-refractivity contribution in [3.05, 3.63) is 0 Å². The molecule has 0 spiro atoms. The minimum Gasteiger partial charge on any atom is -0.0654 e. The average Bonchev–Trinajstić information content (AvgIpc) is 2.33. The Balaban J connectivity index is 3.39. The Bertz CT molecular complexity index is 161. The zero-order chi connectivity index (χ0) is 13.8. The molecule has 0 radical (unpaired) electrons. The van der Waals surface area contributed by atoms with Crippen molar-refractivity contribution in [1.82, 2.24) is 0 Å². The highest BCUT2D eigenvalue weighted by Crippen LogP contribution is 2.21. The van der Waals surface area contributed by atoms with Gasteiger partial charge in [0.15, 0.2) is 0 Å². The van der Waals surface area contributed by atoms with Crippen LogP contribution in [0.25, 0.3) is 0 Å². The van der Waals surface area contributed by atoms with Crippen molar-refractivity contribution in [1.29, 1.82) is 0 Å². The van der Waals surface area contributed by atoms with Crippen molar-refractivity contribution < 1.29 is 0 Å². The topological polar surface area (TPSA) is 0 Å². The molecular weight excluding hydrogens is 216 g/mol. The van der Waals surface area contributed by atoms with E-state index in [1.54, 1.807) is 0 Å². The summed E-state index contributed by atoms with van der Waals surface area (Å²) in [5.41, 5.74) is 0. The molecule has 0 aliphatic rings. The number of hydrogen-bond acceptors (Lipinski definition) is 0. The predicted octanol–water partition coefficient (Wildman–Crippen LogP) is 6.84. The summed E-state index contributed by atoms with van der Waals surface area (Å²) in [6, 6.07) is 0. The molecule has 0 saturated heterocycles. The summed E-state index contributed by atoms with van der Waals surface area (Å²) in [5, 5.41) is 0. The van der Waals surface area contributed by atoms with Crippen LogP contribution in [0.2, 0.25) is 0 Å². The molecule has 110 valence electrons. The molecule has 3 unspecified atom stereocenters. The summed E-state index contributed by atoms with van der Waals surface area (Å²) in [6.45, 7) is 11.9. The molecule has 0 amide bonds. The molecule has 0 bridgehead atoms. The Hall–Kier alpha value is 0. The van der Waals surface area contributed by atoms with E-state index in [4.69, 9.17) is 0 Å². The maximum atomic E-state index is 2.45. The first-order valence-corrected chi connectivity index (χ1v) is 8.60. The lowest BCUT2D eigenvalue weighted by atomic mass is 9.91. The zero-order valence-electron chi connectivity index (χ0n) is 13.8. The van der Waals surface area contributed by atoms with E-state index in [9.17, 15) is 0 Å². The van der Waals surface area contributed by atoms with Crippen LogP contribution in [0.1, 0.15) is 98.8 Å². The molecule has 0 aromatic heterocycles. The summed E-state index contributed by atoms with van der Waals surface area (Å²) in [6.07, 6.45) is 14.3. The van der Waals surface area contributed by atoms with E-state index < -0.39 is 0 Å². The lowest BCUT2D eigenvalue weighted by Crippen LogP contribution is -2.01. The van der Waals surface area contributed by atoms with Gasteiger partial charge in [-0.2, -0.15) is 0 Å². The van der Waals surface area contributed by atoms with Crippen LogP contribution in [0.15, 0.2) is 0 Å². The highest BCUT2D eigenvalue weighted by Gasteiger charge is 2.07. The molecule has 0 fully saturated rings. The van der Waals surface area contributed by atoms with Gasteiger partial charge in [0, 0.05) is 0 Å². The Morgan fingerprint density at radius 3 is 1.22 bits per heavy atom. The SMILES string of the molecule is CCCC(C)CCCCC(C)CCC(C)CCC. The fourth-order valence-corrected chi connectivity index (χ4v) is 2.97. The normalized spacial score (nSPS) is 16.5. The first kappa shape index (κ1) is 18.0. The van der Waals surface area contributed by atoms with Crippen LogP contribution in [0.5, 0.6) is 0 Å². The van der Waals surface area contributed by atoms with Crippen LogP contribution in [-0.4, -0.2) is 0 Å². The van der Waals surface area contributed by atoms with Gasteiger partial charge in [-0.15, -0.1) is 0 Å². The number of hydrogen-bond donors (Lipinski definition) is 0. The quantitative estimate of drug-likeness (QED) is 0.335. The Kier molecular flexibility index (Phi) is 12.1. The maximum absolute atomic E-state index is 2.45. The van der Waals surface area contributed by atoms with Crippen LogP contribution in [-0.2, 0) is 0 Å². The molecule has 18 heavy (non-hydrogen) atoms. The van der Waals surface area contributed by atoms with Gasteiger partial charge < -0.3 is 0 Å². The van der Waals surface area contributed by atoms with E-state index in [1.165, 1.54) is 64.2 Å². The van der Waals surface area contributed by atoms with E-state index in [1.807, 2.05) is 0 Å². The van der Waals surface area contributed by atoms with Crippen molar-refractivity contribution in [3.8, 4) is 0 Å². The summed E-state index contributed by atoms with van der Waals surface area (Å²) in [5.74, 6) is 2.85. The van der Waals surface area contributed by atoms with Gasteiger partial charge in [0.25, 0.3) is 0 Å². The first-order valence-electron chi connectivity index (χ1n) is 8.60. The van der Waals surface area contributed by atoms with Gasteiger partial charge in [-0.25, -0.2) is 0 Å². The van der Waals surface area contributed by atoms with E-state index >= 15 is 0 Å². The van der Waals surface area contributed by atoms with Crippen LogP contribution in [0.3, 0.4) is 0 Å². The third-order valence-electron chi connectivity index (χ3n) is 4.36. The van der Waals surface area contributed by atoms with E-state index in [2.05, 4.69) is 34.6 Å². The molecular formula is C18H38. The largest absolute Gasteiger partial charge is 0.0654 e. The van der Waals surface area contributed by atoms with Gasteiger partial charge >= 0.3 is 0 Å². The van der Waals surface area contributed by atoms with E-state index in [0.29, 0.717) is 0 Å². The Labute approximate surface area is 117 Å². The second-order valence-corrected chi connectivity index (χ2v) is 6.75. The lowest BCUT2D eigenvalue weighted by Gasteiger charge is -2.15. The van der Waals surface area contributed by atoms with E-state index in [-0.39, 0.29) is 0 Å². The van der Waals surface area contributed by atoms with Crippen molar-refractivity contribution >= 4 is 0 Å². The fourth-order valence-electron chi connectivity index (χ4n) is 2.97. The van der Waals surface area contributed by atoms with Crippen molar-refractivity contribution in [2.45, 2.75) is 98.8 Å². The number of unbranched alkanes of at least 4 members (excludes halogenated alkanes) is 1. The monoisotopic (exact) mass is 254 g/mol. The van der Waals surface area contributed by atoms with Crippen LogP contribution < -0.4 is 0 Å². The molecule has 0 heterocycles. The first-order chi connectivity index (χ1) is 8.60. The van der Waals surface area contributed by atoms with Gasteiger partial charge in [0.05, 0.1) is 0 Å². The molecule has 0 N–H and O–H groups in total. The Morgan fingerprint density at radius 2 is 0.833 bits per heavy atom. The summed E-state index contributed by atoms with van der Waals surface area (Å²) in [7, 11) is 0. The number of rotatable bonds is 12. The van der Waals surface area contributed by atoms with Crippen LogP contribution in [0, 0.1) is 17.8 Å². The van der Waals surface area contributed by atoms with Crippen LogP contribution >= 0.6 is 0 Å². The highest BCUT2D eigenvalue weighted by molar-refractivity contribution is 4.60. The molecule has 0 aromatic rings. The average molecular weight is 255 g/mol.